The molecule has 0 unspecified atom stereocenters. The summed E-state index contributed by atoms with van der Waals surface area (Å²) in [5.41, 5.74) is 9.14. The van der Waals surface area contributed by atoms with Gasteiger partial charge in [0.25, 0.3) is 0 Å². The molecule has 1 aromatic carbocycles. The Morgan fingerprint density at radius 3 is 2.57 bits per heavy atom. The van der Waals surface area contributed by atoms with E-state index in [1.54, 1.807) is 12.4 Å². The zero-order chi connectivity index (χ0) is 16.2. The second-order valence-electron chi connectivity index (χ2n) is 4.89. The van der Waals surface area contributed by atoms with Crippen molar-refractivity contribution in [2.45, 2.75) is 6.92 Å². The van der Waals surface area contributed by atoms with Crippen LogP contribution in [0.2, 0.25) is 5.02 Å². The van der Waals surface area contributed by atoms with E-state index in [1.165, 1.54) is 6.33 Å². The molecular formula is C16H15ClN6. The van der Waals surface area contributed by atoms with Gasteiger partial charge in [-0.25, -0.2) is 9.97 Å². The van der Waals surface area contributed by atoms with Crippen molar-refractivity contribution in [3.05, 3.63) is 59.6 Å². The first-order valence-corrected chi connectivity index (χ1v) is 7.32. The Morgan fingerprint density at radius 1 is 1.04 bits per heavy atom. The number of nitrogens with zero attached hydrogens (tertiary/aromatic N) is 3. The summed E-state index contributed by atoms with van der Waals surface area (Å²) >= 11 is 6.14. The molecule has 2 heterocycles. The van der Waals surface area contributed by atoms with Crippen molar-refractivity contribution in [2.75, 3.05) is 16.4 Å². The molecule has 0 atom stereocenters. The standard InChI is InChI=1S/C16H15ClN6/c1-10-12(17)5-2-6-13(10)23-16-14(18)15(20-9-21-16)22-11-4-3-7-19-8-11/h2-9H,18H2,1H3,(H2,20,21,22,23). The van der Waals surface area contributed by atoms with Crippen LogP contribution in [0.5, 0.6) is 0 Å². The highest BCUT2D eigenvalue weighted by atomic mass is 35.5. The van der Waals surface area contributed by atoms with Crippen LogP contribution in [0.15, 0.2) is 49.1 Å². The molecule has 116 valence electrons. The minimum Gasteiger partial charge on any atom is -0.393 e. The van der Waals surface area contributed by atoms with Gasteiger partial charge in [-0.2, -0.15) is 0 Å². The fraction of sp³-hybridized carbons (Fsp3) is 0.0625. The average molecular weight is 327 g/mol. The molecule has 4 N–H and O–H groups in total. The van der Waals surface area contributed by atoms with Crippen LogP contribution in [-0.2, 0) is 0 Å². The molecule has 0 saturated heterocycles. The van der Waals surface area contributed by atoms with Gasteiger partial charge in [-0.1, -0.05) is 17.7 Å². The van der Waals surface area contributed by atoms with E-state index in [-0.39, 0.29) is 0 Å². The first kappa shape index (κ1) is 15.1. The van der Waals surface area contributed by atoms with Crippen LogP contribution < -0.4 is 16.4 Å². The van der Waals surface area contributed by atoms with Gasteiger partial charge in [0.1, 0.15) is 12.0 Å². The summed E-state index contributed by atoms with van der Waals surface area (Å²) in [4.78, 5) is 12.4. The molecular weight excluding hydrogens is 312 g/mol. The molecule has 23 heavy (non-hydrogen) atoms. The van der Waals surface area contributed by atoms with Gasteiger partial charge in [0.2, 0.25) is 0 Å². The summed E-state index contributed by atoms with van der Waals surface area (Å²) in [6.45, 7) is 1.93. The highest BCUT2D eigenvalue weighted by molar-refractivity contribution is 6.31. The van der Waals surface area contributed by atoms with Crippen LogP contribution in [-0.4, -0.2) is 15.0 Å². The zero-order valence-corrected chi connectivity index (χ0v) is 13.2. The molecule has 3 rings (SSSR count). The van der Waals surface area contributed by atoms with Crippen LogP contribution >= 0.6 is 11.6 Å². The average Bonchev–Trinajstić information content (AvgIpc) is 2.56. The number of nitrogen functional groups attached to an aromatic ring is 1. The van der Waals surface area contributed by atoms with Crippen molar-refractivity contribution in [3.63, 3.8) is 0 Å². The molecule has 0 saturated carbocycles. The summed E-state index contributed by atoms with van der Waals surface area (Å²) in [6, 6.07) is 9.32. The van der Waals surface area contributed by atoms with Gasteiger partial charge in [0.15, 0.2) is 11.6 Å². The van der Waals surface area contributed by atoms with Gasteiger partial charge in [-0.05, 0) is 36.8 Å². The Kier molecular flexibility index (Phi) is 4.25. The number of nitrogens with two attached hydrogens (primary N) is 1. The third-order valence-corrected chi connectivity index (χ3v) is 3.74. The van der Waals surface area contributed by atoms with Crippen molar-refractivity contribution in [1.82, 2.24) is 15.0 Å². The van der Waals surface area contributed by atoms with Gasteiger partial charge < -0.3 is 16.4 Å². The van der Waals surface area contributed by atoms with Gasteiger partial charge in [0, 0.05) is 16.9 Å². The molecule has 0 spiro atoms. The minimum absolute atomic E-state index is 0.413. The highest BCUT2D eigenvalue weighted by Crippen LogP contribution is 2.30. The van der Waals surface area contributed by atoms with E-state index < -0.39 is 0 Å². The molecule has 2 aromatic heterocycles. The van der Waals surface area contributed by atoms with Crippen LogP contribution in [0.4, 0.5) is 28.7 Å². The van der Waals surface area contributed by atoms with E-state index in [1.807, 2.05) is 37.3 Å². The predicted molar refractivity (Wildman–Crippen MR) is 93.4 cm³/mol. The molecule has 3 aromatic rings. The Bertz CT molecular complexity index is 822. The minimum atomic E-state index is 0.413. The Labute approximate surface area is 138 Å². The van der Waals surface area contributed by atoms with Crippen molar-refractivity contribution < 1.29 is 0 Å². The summed E-state index contributed by atoms with van der Waals surface area (Å²) in [5, 5.41) is 6.99. The predicted octanol–water partition coefficient (Wildman–Crippen LogP) is 3.90. The normalized spacial score (nSPS) is 10.3. The quantitative estimate of drug-likeness (QED) is 0.673. The van der Waals surface area contributed by atoms with Crippen LogP contribution in [0.25, 0.3) is 0 Å². The van der Waals surface area contributed by atoms with E-state index in [0.29, 0.717) is 22.3 Å². The number of halogens is 1. The van der Waals surface area contributed by atoms with E-state index in [9.17, 15) is 0 Å². The van der Waals surface area contributed by atoms with Gasteiger partial charge in [-0.3, -0.25) is 4.98 Å². The topological polar surface area (TPSA) is 88.8 Å². The van der Waals surface area contributed by atoms with Crippen LogP contribution in [0.3, 0.4) is 0 Å². The molecule has 0 amide bonds. The Morgan fingerprint density at radius 2 is 1.83 bits per heavy atom. The number of pyridine rings is 1. The zero-order valence-electron chi connectivity index (χ0n) is 12.4. The molecule has 0 fully saturated rings. The van der Waals surface area contributed by atoms with Crippen LogP contribution in [0, 0.1) is 6.92 Å². The van der Waals surface area contributed by atoms with E-state index in [4.69, 9.17) is 17.3 Å². The number of benzene rings is 1. The lowest BCUT2D eigenvalue weighted by molar-refractivity contribution is 1.17. The number of rotatable bonds is 4. The Balaban J connectivity index is 1.89. The summed E-state index contributed by atoms with van der Waals surface area (Å²) in [7, 11) is 0. The lowest BCUT2D eigenvalue weighted by Gasteiger charge is -2.14. The SMILES string of the molecule is Cc1c(Cl)cccc1Nc1ncnc(Nc2cccnc2)c1N. The lowest BCUT2D eigenvalue weighted by atomic mass is 10.2. The van der Waals surface area contributed by atoms with Gasteiger partial charge in [-0.15, -0.1) is 0 Å². The lowest BCUT2D eigenvalue weighted by Crippen LogP contribution is -2.05. The highest BCUT2D eigenvalue weighted by Gasteiger charge is 2.10. The summed E-state index contributed by atoms with van der Waals surface area (Å²) < 4.78 is 0. The number of hydrogen-bond acceptors (Lipinski definition) is 6. The number of aromatic nitrogens is 3. The first-order chi connectivity index (χ1) is 11.1. The van der Waals surface area contributed by atoms with Crippen molar-refractivity contribution in [3.8, 4) is 0 Å². The van der Waals surface area contributed by atoms with Gasteiger partial charge in [0.05, 0.1) is 11.9 Å². The second kappa shape index (κ2) is 6.50. The van der Waals surface area contributed by atoms with Gasteiger partial charge >= 0.3 is 0 Å². The van der Waals surface area contributed by atoms with Crippen molar-refractivity contribution >= 4 is 40.3 Å². The molecule has 0 radical (unpaired) electrons. The molecule has 7 heteroatoms. The largest absolute Gasteiger partial charge is 0.393 e. The Hall–Kier alpha value is -2.86. The van der Waals surface area contributed by atoms with E-state index in [2.05, 4.69) is 25.6 Å². The maximum Gasteiger partial charge on any atom is 0.159 e. The summed E-state index contributed by atoms with van der Waals surface area (Å²) in [6.07, 6.45) is 4.83. The first-order valence-electron chi connectivity index (χ1n) is 6.95. The maximum atomic E-state index is 6.16. The van der Waals surface area contributed by atoms with Crippen molar-refractivity contribution in [1.29, 1.82) is 0 Å². The van der Waals surface area contributed by atoms with E-state index >= 15 is 0 Å². The number of anilines is 5. The van der Waals surface area contributed by atoms with E-state index in [0.717, 1.165) is 16.9 Å². The van der Waals surface area contributed by atoms with Crippen LogP contribution in [0.1, 0.15) is 5.56 Å². The fourth-order valence-electron chi connectivity index (χ4n) is 2.04. The smallest absolute Gasteiger partial charge is 0.159 e. The molecule has 0 aliphatic carbocycles. The molecule has 0 bridgehead atoms. The number of hydrogen-bond donors (Lipinski definition) is 3. The molecule has 0 aliphatic heterocycles. The third kappa shape index (κ3) is 3.32. The summed E-state index contributed by atoms with van der Waals surface area (Å²) in [5.74, 6) is 1.02. The monoisotopic (exact) mass is 326 g/mol. The fourth-order valence-corrected chi connectivity index (χ4v) is 2.21. The molecule has 0 aliphatic rings. The van der Waals surface area contributed by atoms with Crippen molar-refractivity contribution in [2.24, 2.45) is 0 Å². The second-order valence-corrected chi connectivity index (χ2v) is 5.30. The third-order valence-electron chi connectivity index (χ3n) is 3.33. The maximum absolute atomic E-state index is 6.16. The molecule has 6 nitrogen and oxygen atoms in total. The number of nitrogens with one attached hydrogen (secondary N) is 2.